The number of piperidine rings is 1. The van der Waals surface area contributed by atoms with Gasteiger partial charge >= 0.3 is 0 Å². The van der Waals surface area contributed by atoms with Crippen LogP contribution in [0.4, 0.5) is 0 Å². The van der Waals surface area contributed by atoms with E-state index in [1.54, 1.807) is 7.11 Å². The Morgan fingerprint density at radius 2 is 2.00 bits per heavy atom. The minimum absolute atomic E-state index is 0.356. The first kappa shape index (κ1) is 18.4. The molecule has 0 amide bonds. The van der Waals surface area contributed by atoms with E-state index in [9.17, 15) is 5.26 Å². The van der Waals surface area contributed by atoms with Crippen molar-refractivity contribution in [3.63, 3.8) is 0 Å². The number of ether oxygens (including phenoxy) is 1. The summed E-state index contributed by atoms with van der Waals surface area (Å²) in [6.07, 6.45) is 5.76. The second-order valence-electron chi connectivity index (χ2n) is 6.94. The third-order valence-electron chi connectivity index (χ3n) is 4.36. The van der Waals surface area contributed by atoms with Crippen LogP contribution in [0.1, 0.15) is 52.9 Å². The molecule has 1 aliphatic heterocycles. The lowest BCUT2D eigenvalue weighted by molar-refractivity contribution is 0.0986. The molecule has 1 N–H and O–H groups in total. The second-order valence-corrected chi connectivity index (χ2v) is 6.94. The van der Waals surface area contributed by atoms with Crippen molar-refractivity contribution in [2.24, 2.45) is 5.92 Å². The summed E-state index contributed by atoms with van der Waals surface area (Å²) in [5.74, 6) is 0.753. The van der Waals surface area contributed by atoms with Crippen LogP contribution in [0.15, 0.2) is 0 Å². The Hall–Kier alpha value is -0.630. The van der Waals surface area contributed by atoms with Gasteiger partial charge < -0.3 is 9.64 Å². The highest BCUT2D eigenvalue weighted by atomic mass is 16.5. The van der Waals surface area contributed by atoms with Crippen molar-refractivity contribution in [2.45, 2.75) is 64.5 Å². The Kier molecular flexibility index (Phi) is 8.24. The van der Waals surface area contributed by atoms with Gasteiger partial charge in [0.25, 0.3) is 0 Å². The fourth-order valence-corrected chi connectivity index (χ4v) is 3.22. The van der Waals surface area contributed by atoms with E-state index in [4.69, 9.17) is 4.74 Å². The lowest BCUT2D eigenvalue weighted by atomic mass is 9.94. The van der Waals surface area contributed by atoms with Crippen molar-refractivity contribution in [2.75, 3.05) is 33.4 Å². The van der Waals surface area contributed by atoms with Crippen molar-refractivity contribution in [1.29, 1.82) is 5.26 Å². The van der Waals surface area contributed by atoms with Gasteiger partial charge in [0.05, 0.1) is 6.07 Å². The van der Waals surface area contributed by atoms with E-state index < -0.39 is 0 Å². The highest BCUT2D eigenvalue weighted by molar-refractivity contribution is 5.04. The van der Waals surface area contributed by atoms with E-state index in [1.165, 1.54) is 38.9 Å². The van der Waals surface area contributed by atoms with E-state index in [2.05, 4.69) is 30.1 Å². The van der Waals surface area contributed by atoms with Gasteiger partial charge in [0.15, 0.2) is 0 Å². The summed E-state index contributed by atoms with van der Waals surface area (Å²) in [7, 11) is 1.80. The predicted octanol–water partition coefficient (Wildman–Crippen LogP) is 2.80. The first-order chi connectivity index (χ1) is 9.99. The molecule has 1 aliphatic rings. The van der Waals surface area contributed by atoms with Crippen molar-refractivity contribution in [3.8, 4) is 6.07 Å². The van der Waals surface area contributed by atoms with Crippen LogP contribution >= 0.6 is 0 Å². The van der Waals surface area contributed by atoms with E-state index in [0.29, 0.717) is 6.04 Å². The van der Waals surface area contributed by atoms with Gasteiger partial charge in [-0.25, -0.2) is 0 Å². The highest BCUT2D eigenvalue weighted by Gasteiger charge is 2.24. The minimum Gasteiger partial charge on any atom is -0.384 e. The zero-order valence-corrected chi connectivity index (χ0v) is 14.3. The Labute approximate surface area is 130 Å². The maximum atomic E-state index is 9.33. The third-order valence-corrected chi connectivity index (χ3v) is 4.36. The summed E-state index contributed by atoms with van der Waals surface area (Å²) in [4.78, 5) is 2.56. The molecule has 0 aliphatic carbocycles. The molecule has 21 heavy (non-hydrogen) atoms. The Morgan fingerprint density at radius 1 is 1.33 bits per heavy atom. The highest BCUT2D eigenvalue weighted by Crippen LogP contribution is 2.19. The molecule has 1 unspecified atom stereocenters. The van der Waals surface area contributed by atoms with Crippen molar-refractivity contribution < 1.29 is 4.74 Å². The molecule has 1 fully saturated rings. The maximum Gasteiger partial charge on any atom is 0.104 e. The van der Waals surface area contributed by atoms with Gasteiger partial charge in [-0.15, -0.1) is 0 Å². The summed E-state index contributed by atoms with van der Waals surface area (Å²) >= 11 is 0. The molecule has 0 bridgehead atoms. The Balaban J connectivity index is 2.16. The number of hydrogen-bond donors (Lipinski definition) is 1. The largest absolute Gasteiger partial charge is 0.384 e. The molecule has 1 rings (SSSR count). The summed E-state index contributed by atoms with van der Waals surface area (Å²) in [6, 6.07) is 2.79. The summed E-state index contributed by atoms with van der Waals surface area (Å²) in [6.45, 7) is 10.7. The molecule has 0 aromatic heterocycles. The van der Waals surface area contributed by atoms with Gasteiger partial charge in [-0.1, -0.05) is 0 Å². The van der Waals surface area contributed by atoms with E-state index in [-0.39, 0.29) is 5.54 Å². The van der Waals surface area contributed by atoms with E-state index in [1.807, 2.05) is 6.92 Å². The number of hydrogen-bond acceptors (Lipinski definition) is 4. The van der Waals surface area contributed by atoms with Crippen LogP contribution < -0.4 is 5.32 Å². The number of rotatable bonds is 9. The first-order valence-electron chi connectivity index (χ1n) is 8.39. The molecule has 0 spiro atoms. The fraction of sp³-hybridized carbons (Fsp3) is 0.941. The van der Waals surface area contributed by atoms with Gasteiger partial charge in [0.1, 0.15) is 5.54 Å². The molecule has 1 atom stereocenters. The van der Waals surface area contributed by atoms with Crippen LogP contribution in [0.2, 0.25) is 0 Å². The Bertz CT molecular complexity index is 318. The van der Waals surface area contributed by atoms with Crippen LogP contribution in [0.25, 0.3) is 0 Å². The number of unbranched alkanes of at least 4 members (excludes halogenated alkanes) is 1. The van der Waals surface area contributed by atoms with Crippen molar-refractivity contribution in [3.05, 3.63) is 0 Å². The van der Waals surface area contributed by atoms with Gasteiger partial charge in [-0.3, -0.25) is 5.32 Å². The van der Waals surface area contributed by atoms with E-state index >= 15 is 0 Å². The lowest BCUT2D eigenvalue weighted by Gasteiger charge is -2.32. The predicted molar refractivity (Wildman–Crippen MR) is 87.2 cm³/mol. The first-order valence-corrected chi connectivity index (χ1v) is 8.39. The quantitative estimate of drug-likeness (QED) is 0.665. The molecule has 1 heterocycles. The minimum atomic E-state index is -0.375. The van der Waals surface area contributed by atoms with Crippen LogP contribution in [-0.2, 0) is 4.74 Å². The molecule has 0 aromatic rings. The number of nitrogens with one attached hydrogen (secondary N) is 1. The maximum absolute atomic E-state index is 9.33. The van der Waals surface area contributed by atoms with Gasteiger partial charge in [0.2, 0.25) is 0 Å². The van der Waals surface area contributed by atoms with E-state index in [0.717, 1.165) is 25.4 Å². The molecule has 122 valence electrons. The molecule has 4 heteroatoms. The summed E-state index contributed by atoms with van der Waals surface area (Å²) < 4.78 is 5.24. The summed E-state index contributed by atoms with van der Waals surface area (Å²) in [5.41, 5.74) is -0.375. The van der Waals surface area contributed by atoms with Crippen LogP contribution in [0, 0.1) is 17.2 Å². The molecule has 0 radical (unpaired) electrons. The zero-order chi connectivity index (χ0) is 15.7. The third kappa shape index (κ3) is 7.26. The SMILES string of the molecule is COCC1CCN(CCCCC(C)(C#N)NC(C)C)CC1. The lowest BCUT2D eigenvalue weighted by Crippen LogP contribution is -2.45. The molecular weight excluding hydrogens is 262 g/mol. The topological polar surface area (TPSA) is 48.3 Å². The molecule has 4 nitrogen and oxygen atoms in total. The number of nitriles is 1. The average molecular weight is 295 g/mol. The summed E-state index contributed by atoms with van der Waals surface area (Å²) in [5, 5.41) is 12.7. The molecular formula is C17H33N3O. The standard InChI is InChI=1S/C17H33N3O/c1-15(2)19-17(3,14-18)9-5-6-10-20-11-7-16(8-12-20)13-21-4/h15-16,19H,5-13H2,1-4H3. The number of nitrogens with zero attached hydrogens (tertiary/aromatic N) is 2. The molecule has 0 saturated carbocycles. The average Bonchev–Trinajstić information content (AvgIpc) is 2.45. The van der Waals surface area contributed by atoms with Crippen molar-refractivity contribution >= 4 is 0 Å². The van der Waals surface area contributed by atoms with Gasteiger partial charge in [-0.05, 0) is 78.4 Å². The smallest absolute Gasteiger partial charge is 0.104 e. The Morgan fingerprint density at radius 3 is 2.52 bits per heavy atom. The van der Waals surface area contributed by atoms with Crippen LogP contribution in [0.5, 0.6) is 0 Å². The monoisotopic (exact) mass is 295 g/mol. The van der Waals surface area contributed by atoms with Gasteiger partial charge in [0, 0.05) is 19.8 Å². The van der Waals surface area contributed by atoms with Crippen LogP contribution in [0.3, 0.4) is 0 Å². The van der Waals surface area contributed by atoms with Crippen molar-refractivity contribution in [1.82, 2.24) is 10.2 Å². The normalized spacial score (nSPS) is 20.4. The van der Waals surface area contributed by atoms with Gasteiger partial charge in [-0.2, -0.15) is 5.26 Å². The molecule has 0 aromatic carbocycles. The fourth-order valence-electron chi connectivity index (χ4n) is 3.22. The van der Waals surface area contributed by atoms with Crippen LogP contribution in [-0.4, -0.2) is 49.8 Å². The second kappa shape index (κ2) is 9.40. The number of methoxy groups -OCH3 is 1. The number of likely N-dealkylation sites (tertiary alicyclic amines) is 1. The molecule has 1 saturated heterocycles. The zero-order valence-electron chi connectivity index (χ0n) is 14.3.